The zero-order chi connectivity index (χ0) is 18.5. The molecule has 2 N–H and O–H groups in total. The molecule has 5 nitrogen and oxygen atoms in total. The molecule has 6 heteroatoms. The smallest absolute Gasteiger partial charge is 0.319 e. The summed E-state index contributed by atoms with van der Waals surface area (Å²) in [6.07, 6.45) is 0. The minimum absolute atomic E-state index is 0.250. The van der Waals surface area contributed by atoms with Crippen LogP contribution in [0.5, 0.6) is 5.75 Å². The van der Waals surface area contributed by atoms with Gasteiger partial charge in [-0.25, -0.2) is 9.78 Å². The number of amides is 2. The third kappa shape index (κ3) is 4.21. The zero-order valence-electron chi connectivity index (χ0n) is 15.0. The van der Waals surface area contributed by atoms with Crippen LogP contribution < -0.4 is 15.4 Å². The van der Waals surface area contributed by atoms with Crippen molar-refractivity contribution in [3.05, 3.63) is 64.7 Å². The Morgan fingerprint density at radius 2 is 1.85 bits per heavy atom. The van der Waals surface area contributed by atoms with Gasteiger partial charge in [-0.3, -0.25) is 0 Å². The van der Waals surface area contributed by atoms with Crippen molar-refractivity contribution in [1.29, 1.82) is 0 Å². The number of anilines is 1. The van der Waals surface area contributed by atoms with E-state index in [1.54, 1.807) is 42.7 Å². The Labute approximate surface area is 157 Å². The number of hydrogen-bond acceptors (Lipinski definition) is 4. The highest BCUT2D eigenvalue weighted by Gasteiger charge is 2.12. The maximum Gasteiger partial charge on any atom is 0.319 e. The van der Waals surface area contributed by atoms with Gasteiger partial charge in [-0.1, -0.05) is 24.3 Å². The first-order valence-corrected chi connectivity index (χ1v) is 9.09. The molecule has 2 amide bonds. The lowest BCUT2D eigenvalue weighted by atomic mass is 10.1. The minimum atomic E-state index is -0.250. The Balaban J connectivity index is 1.62. The fraction of sp³-hybridized carbons (Fsp3) is 0.200. The van der Waals surface area contributed by atoms with Gasteiger partial charge in [-0.2, -0.15) is 0 Å². The Hall–Kier alpha value is -2.86. The molecule has 1 heterocycles. The number of carbonyl (C=O) groups excluding carboxylic acids is 1. The van der Waals surface area contributed by atoms with Crippen LogP contribution in [0.3, 0.4) is 0 Å². The van der Waals surface area contributed by atoms with E-state index >= 15 is 0 Å². The van der Waals surface area contributed by atoms with Gasteiger partial charge < -0.3 is 15.4 Å². The molecule has 134 valence electrons. The number of ether oxygens (including phenoxy) is 1. The summed E-state index contributed by atoms with van der Waals surface area (Å²) in [7, 11) is 1.61. The normalized spacial score (nSPS) is 10.4. The van der Waals surface area contributed by atoms with Crippen molar-refractivity contribution in [1.82, 2.24) is 10.3 Å². The summed E-state index contributed by atoms with van der Waals surface area (Å²) in [6.45, 7) is 4.49. The number of rotatable bonds is 5. The third-order valence-electron chi connectivity index (χ3n) is 4.03. The van der Waals surface area contributed by atoms with E-state index in [4.69, 9.17) is 4.74 Å². The number of benzene rings is 2. The van der Waals surface area contributed by atoms with Crippen LogP contribution in [0.4, 0.5) is 10.5 Å². The summed E-state index contributed by atoms with van der Waals surface area (Å²) in [5.74, 6) is 0.750. The molecular formula is C20H21N3O2S. The Bertz CT molecular complexity index is 904. The third-order valence-corrected chi connectivity index (χ3v) is 5.22. The van der Waals surface area contributed by atoms with Crippen LogP contribution in [-0.4, -0.2) is 18.1 Å². The van der Waals surface area contributed by atoms with Crippen LogP contribution in [0.2, 0.25) is 0 Å². The first-order chi connectivity index (χ1) is 12.6. The molecule has 0 atom stereocenters. The predicted octanol–water partition coefficient (Wildman–Crippen LogP) is 4.76. The second-order valence-corrected chi connectivity index (χ2v) is 6.96. The molecule has 0 saturated heterocycles. The fourth-order valence-electron chi connectivity index (χ4n) is 2.53. The molecule has 0 saturated carbocycles. The summed E-state index contributed by atoms with van der Waals surface area (Å²) < 4.78 is 5.11. The number of aromatic nitrogens is 1. The molecule has 0 aliphatic heterocycles. The number of nitrogens with one attached hydrogen (secondary N) is 2. The van der Waals surface area contributed by atoms with Crippen LogP contribution >= 0.6 is 11.3 Å². The lowest BCUT2D eigenvalue weighted by molar-refractivity contribution is 0.252. The van der Waals surface area contributed by atoms with Gasteiger partial charge in [0.25, 0.3) is 0 Å². The maximum atomic E-state index is 12.1. The summed E-state index contributed by atoms with van der Waals surface area (Å²) in [4.78, 5) is 17.8. The average molecular weight is 367 g/mol. The van der Waals surface area contributed by atoms with Gasteiger partial charge in [0.15, 0.2) is 0 Å². The van der Waals surface area contributed by atoms with Crippen molar-refractivity contribution in [2.24, 2.45) is 0 Å². The number of thiazole rings is 1. The van der Waals surface area contributed by atoms with Crippen LogP contribution in [0, 0.1) is 13.8 Å². The van der Waals surface area contributed by atoms with Crippen LogP contribution in [0.25, 0.3) is 10.6 Å². The van der Waals surface area contributed by atoms with E-state index in [9.17, 15) is 4.79 Å². The highest BCUT2D eigenvalue weighted by Crippen LogP contribution is 2.30. The number of aryl methyl sites for hydroxylation is 2. The van der Waals surface area contributed by atoms with Crippen molar-refractivity contribution in [2.75, 3.05) is 12.4 Å². The predicted molar refractivity (Wildman–Crippen MR) is 106 cm³/mol. The van der Waals surface area contributed by atoms with Gasteiger partial charge in [0, 0.05) is 16.1 Å². The van der Waals surface area contributed by atoms with Gasteiger partial charge >= 0.3 is 6.03 Å². The molecule has 0 radical (unpaired) electrons. The van der Waals surface area contributed by atoms with Crippen molar-refractivity contribution in [2.45, 2.75) is 20.4 Å². The summed E-state index contributed by atoms with van der Waals surface area (Å²) in [5.41, 5.74) is 3.98. The molecule has 0 fully saturated rings. The topological polar surface area (TPSA) is 63.2 Å². The number of carbonyl (C=O) groups is 1. The zero-order valence-corrected chi connectivity index (χ0v) is 15.8. The van der Waals surface area contributed by atoms with Crippen LogP contribution in [0.1, 0.15) is 16.1 Å². The second kappa shape index (κ2) is 8.01. The average Bonchev–Trinajstić information content (AvgIpc) is 3.01. The van der Waals surface area contributed by atoms with E-state index < -0.39 is 0 Å². The fourth-order valence-corrected chi connectivity index (χ4v) is 3.62. The molecule has 3 rings (SSSR count). The molecule has 0 spiro atoms. The maximum absolute atomic E-state index is 12.1. The molecule has 1 aromatic heterocycles. The van der Waals surface area contributed by atoms with E-state index in [1.165, 1.54) is 5.56 Å². The van der Waals surface area contributed by atoms with E-state index in [0.717, 1.165) is 26.9 Å². The monoisotopic (exact) mass is 367 g/mol. The molecular weight excluding hydrogens is 346 g/mol. The van der Waals surface area contributed by atoms with Gasteiger partial charge in [0.2, 0.25) is 0 Å². The molecule has 0 aliphatic rings. The van der Waals surface area contributed by atoms with Crippen LogP contribution in [0.15, 0.2) is 48.5 Å². The van der Waals surface area contributed by atoms with Gasteiger partial charge in [-0.15, -0.1) is 11.3 Å². The summed E-state index contributed by atoms with van der Waals surface area (Å²) >= 11 is 1.61. The van der Waals surface area contributed by atoms with E-state index in [-0.39, 0.29) is 6.03 Å². The summed E-state index contributed by atoms with van der Waals surface area (Å²) in [5, 5.41) is 6.67. The number of nitrogens with zero attached hydrogens (tertiary/aromatic N) is 1. The lowest BCUT2D eigenvalue weighted by Crippen LogP contribution is -2.28. The highest BCUT2D eigenvalue weighted by atomic mass is 32.1. The van der Waals surface area contributed by atoms with Crippen molar-refractivity contribution < 1.29 is 9.53 Å². The van der Waals surface area contributed by atoms with Crippen molar-refractivity contribution >= 4 is 23.1 Å². The van der Waals surface area contributed by atoms with Crippen molar-refractivity contribution in [3.63, 3.8) is 0 Å². The molecule has 26 heavy (non-hydrogen) atoms. The standard InChI is InChI=1S/C20H21N3O2S/c1-13-6-4-5-7-17(13)19-22-14(2)18(26-19)12-21-20(24)23-15-8-10-16(25-3)11-9-15/h4-11H,12H2,1-3H3,(H2,21,23,24). The van der Waals surface area contributed by atoms with Crippen LogP contribution in [-0.2, 0) is 6.54 Å². The molecule has 3 aromatic rings. The first-order valence-electron chi connectivity index (χ1n) is 8.28. The second-order valence-electron chi connectivity index (χ2n) is 5.88. The number of hydrogen-bond donors (Lipinski definition) is 2. The molecule has 0 bridgehead atoms. The molecule has 2 aromatic carbocycles. The SMILES string of the molecule is COc1ccc(NC(=O)NCc2sc(-c3ccccc3C)nc2C)cc1. The first kappa shape index (κ1) is 17.9. The minimum Gasteiger partial charge on any atom is -0.497 e. The lowest BCUT2D eigenvalue weighted by Gasteiger charge is -2.07. The quantitative estimate of drug-likeness (QED) is 0.683. The Morgan fingerprint density at radius 3 is 2.54 bits per heavy atom. The van der Waals surface area contributed by atoms with Gasteiger partial charge in [0.1, 0.15) is 10.8 Å². The van der Waals surface area contributed by atoms with Gasteiger partial charge in [-0.05, 0) is 43.7 Å². The highest BCUT2D eigenvalue weighted by molar-refractivity contribution is 7.15. The van der Waals surface area contributed by atoms with E-state index in [2.05, 4.69) is 34.7 Å². The number of methoxy groups -OCH3 is 1. The van der Waals surface area contributed by atoms with Gasteiger partial charge in [0.05, 0.1) is 19.3 Å². The molecule has 0 unspecified atom stereocenters. The Morgan fingerprint density at radius 1 is 1.12 bits per heavy atom. The van der Waals surface area contributed by atoms with E-state index in [0.29, 0.717) is 12.2 Å². The van der Waals surface area contributed by atoms with E-state index in [1.807, 2.05) is 19.1 Å². The van der Waals surface area contributed by atoms with Crippen molar-refractivity contribution in [3.8, 4) is 16.3 Å². The number of urea groups is 1. The Kier molecular flexibility index (Phi) is 5.53. The summed E-state index contributed by atoms with van der Waals surface area (Å²) in [6, 6.07) is 15.1. The largest absolute Gasteiger partial charge is 0.497 e. The molecule has 0 aliphatic carbocycles.